The first-order chi connectivity index (χ1) is 26.1. The number of alkyl carbamates (subject to hydrolysis) is 1. The molecule has 3 heterocycles. The summed E-state index contributed by atoms with van der Waals surface area (Å²) in [5.74, 6) is -1.96. The van der Waals surface area contributed by atoms with Crippen molar-refractivity contribution in [2.24, 2.45) is 11.3 Å². The second-order valence-corrected chi connectivity index (χ2v) is 16.0. The number of amides is 4. The number of fused-ring (bicyclic) bond motifs is 1. The Kier molecular flexibility index (Phi) is 11.2. The highest BCUT2D eigenvalue weighted by atomic mass is 32.1. The number of rotatable bonds is 12. The molecule has 4 amide bonds. The number of carbonyl (C=O) groups is 5. The molecule has 2 aromatic heterocycles. The summed E-state index contributed by atoms with van der Waals surface area (Å²) in [6, 6.07) is 4.71. The molecule has 0 spiro atoms. The number of hydrogen-bond donors (Lipinski definition) is 4. The molecule has 17 heteroatoms. The van der Waals surface area contributed by atoms with Gasteiger partial charge in [-0.05, 0) is 49.7 Å². The Labute approximate surface area is 321 Å². The summed E-state index contributed by atoms with van der Waals surface area (Å²) in [5, 5.41) is 20.7. The highest BCUT2D eigenvalue weighted by molar-refractivity contribution is 7.14. The number of carboxylic acid groups (broad SMARTS) is 1. The lowest BCUT2D eigenvalue weighted by molar-refractivity contribution is -0.146. The van der Waals surface area contributed by atoms with E-state index in [-0.39, 0.29) is 25.5 Å². The highest BCUT2D eigenvalue weighted by Crippen LogP contribution is 2.45. The topological polar surface area (TPSA) is 208 Å². The average molecular weight is 779 g/mol. The first kappa shape index (κ1) is 39.2. The van der Waals surface area contributed by atoms with Gasteiger partial charge < -0.3 is 39.6 Å². The van der Waals surface area contributed by atoms with Crippen LogP contribution in [0.3, 0.4) is 0 Å². The van der Waals surface area contributed by atoms with E-state index < -0.39 is 65.0 Å². The Morgan fingerprint density at radius 1 is 1.05 bits per heavy atom. The maximum Gasteiger partial charge on any atom is 0.413 e. The number of methoxy groups -OCH3 is 2. The molecule has 1 saturated heterocycles. The van der Waals surface area contributed by atoms with Crippen LogP contribution in [0.25, 0.3) is 22.3 Å². The second kappa shape index (κ2) is 15.7. The number of nitrogens with one attached hydrogen (secondary N) is 3. The van der Waals surface area contributed by atoms with Crippen molar-refractivity contribution in [1.82, 2.24) is 25.5 Å². The van der Waals surface area contributed by atoms with E-state index in [0.29, 0.717) is 38.9 Å². The Morgan fingerprint density at radius 3 is 2.44 bits per heavy atom. The van der Waals surface area contributed by atoms with E-state index in [1.165, 1.54) is 36.5 Å². The van der Waals surface area contributed by atoms with Crippen LogP contribution >= 0.6 is 11.3 Å². The number of anilines is 1. The molecule has 0 bridgehead atoms. The zero-order valence-corrected chi connectivity index (χ0v) is 32.2. The van der Waals surface area contributed by atoms with E-state index >= 15 is 0 Å². The van der Waals surface area contributed by atoms with Crippen LogP contribution in [0.2, 0.25) is 0 Å². The smallest absolute Gasteiger partial charge is 0.413 e. The van der Waals surface area contributed by atoms with E-state index in [4.69, 9.17) is 19.2 Å². The van der Waals surface area contributed by atoms with Gasteiger partial charge in [0.05, 0.1) is 32.0 Å². The monoisotopic (exact) mass is 778 g/mol. The van der Waals surface area contributed by atoms with E-state index in [0.717, 1.165) is 25.7 Å². The van der Waals surface area contributed by atoms with Gasteiger partial charge in [-0.15, -0.1) is 17.9 Å². The Bertz CT molecular complexity index is 1990. The van der Waals surface area contributed by atoms with E-state index in [1.54, 1.807) is 50.4 Å². The number of likely N-dealkylation sites (tertiary alicyclic amines) is 1. The molecular weight excluding hydrogens is 733 g/mol. The molecule has 0 radical (unpaired) electrons. The standard InChI is InChI=1S/C38H46N6O10S/c1-7-20-17-38(20,33(47)48)43-31(45)28-15-23(18-44(28)32(46)30(37(2,3)4)41-36(50)54-21-10-8-9-11-21)53-29-16-26(27-19-55-34(40-27)42-35(49)52-6)39-25-14-22(51-5)12-13-24(25)29/h7,12-14,16,19-21,23,28,30H,1,8-11,15,17-18H2,2-6H3,(H,41,50)(H,43,45)(H,47,48)(H,40,42,49). The fraction of sp³-hybridized carbons (Fsp3) is 0.500. The van der Waals surface area contributed by atoms with Crippen LogP contribution in [0.4, 0.5) is 14.7 Å². The van der Waals surface area contributed by atoms with Gasteiger partial charge in [-0.2, -0.15) is 0 Å². The van der Waals surface area contributed by atoms with E-state index in [2.05, 4.69) is 32.3 Å². The zero-order valence-electron chi connectivity index (χ0n) is 31.4. The van der Waals surface area contributed by atoms with Crippen molar-refractivity contribution in [3.8, 4) is 22.9 Å². The molecule has 2 saturated carbocycles. The molecular formula is C38H46N6O10S. The number of aliphatic carboxylic acids is 1. The van der Waals surface area contributed by atoms with Crippen LogP contribution in [0.5, 0.6) is 11.5 Å². The molecule has 294 valence electrons. The Morgan fingerprint density at radius 2 is 1.80 bits per heavy atom. The van der Waals surface area contributed by atoms with Crippen LogP contribution in [-0.4, -0.2) is 101 Å². The molecule has 3 aromatic rings. The number of carbonyl (C=O) groups excluding carboxylic acids is 4. The number of benzene rings is 1. The fourth-order valence-electron chi connectivity index (χ4n) is 7.12. The maximum absolute atomic E-state index is 14.6. The summed E-state index contributed by atoms with van der Waals surface area (Å²) >= 11 is 1.17. The molecule has 4 N–H and O–H groups in total. The SMILES string of the molecule is C=CC1CC1(NC(=O)C1CC(Oc2cc(-c3csc(NC(=O)OC)n3)nc3cc(OC)ccc23)CN1C(=O)C(NC(=O)OC1CCCC1)C(C)(C)C)C(=O)O. The van der Waals surface area contributed by atoms with Gasteiger partial charge >= 0.3 is 18.2 Å². The lowest BCUT2D eigenvalue weighted by atomic mass is 9.85. The normalized spacial score (nSPS) is 22.7. The molecule has 5 unspecified atom stereocenters. The number of aromatic nitrogens is 2. The lowest BCUT2D eigenvalue weighted by Gasteiger charge is -2.35. The fourth-order valence-corrected chi connectivity index (χ4v) is 7.81. The van der Waals surface area contributed by atoms with Gasteiger partial charge in [0.2, 0.25) is 11.8 Å². The van der Waals surface area contributed by atoms with Crippen molar-refractivity contribution in [3.05, 3.63) is 42.3 Å². The summed E-state index contributed by atoms with van der Waals surface area (Å²) in [4.78, 5) is 76.5. The quantitative estimate of drug-likeness (QED) is 0.177. The predicted molar refractivity (Wildman–Crippen MR) is 202 cm³/mol. The summed E-state index contributed by atoms with van der Waals surface area (Å²) < 4.78 is 22.4. The van der Waals surface area contributed by atoms with Crippen LogP contribution < -0.4 is 25.4 Å². The van der Waals surface area contributed by atoms with Crippen molar-refractivity contribution in [2.75, 3.05) is 26.1 Å². The van der Waals surface area contributed by atoms with Gasteiger partial charge in [0.25, 0.3) is 0 Å². The largest absolute Gasteiger partial charge is 0.497 e. The first-order valence-electron chi connectivity index (χ1n) is 18.1. The van der Waals surface area contributed by atoms with Gasteiger partial charge in [0.15, 0.2) is 5.13 Å². The molecule has 1 aromatic carbocycles. The minimum atomic E-state index is -1.54. The lowest BCUT2D eigenvalue weighted by Crippen LogP contribution is -2.59. The number of pyridine rings is 1. The van der Waals surface area contributed by atoms with Gasteiger partial charge in [0, 0.05) is 35.2 Å². The summed E-state index contributed by atoms with van der Waals surface area (Å²) in [6.07, 6.45) is 2.69. The van der Waals surface area contributed by atoms with Gasteiger partial charge in [0.1, 0.15) is 47.0 Å². The van der Waals surface area contributed by atoms with Crippen LogP contribution in [0.1, 0.15) is 59.3 Å². The molecule has 5 atom stereocenters. The Hall–Kier alpha value is -5.45. The van der Waals surface area contributed by atoms with Crippen molar-refractivity contribution in [3.63, 3.8) is 0 Å². The molecule has 55 heavy (non-hydrogen) atoms. The first-order valence-corrected chi connectivity index (χ1v) is 19.0. The second-order valence-electron chi connectivity index (χ2n) is 15.1. The summed E-state index contributed by atoms with van der Waals surface area (Å²) in [6.45, 7) is 9.04. The third-order valence-corrected chi connectivity index (χ3v) is 11.0. The minimum Gasteiger partial charge on any atom is -0.497 e. The number of hydrogen-bond acceptors (Lipinski definition) is 12. The molecule has 3 fully saturated rings. The van der Waals surface area contributed by atoms with E-state index in [1.807, 2.05) is 0 Å². The van der Waals surface area contributed by atoms with Crippen LogP contribution in [-0.2, 0) is 23.9 Å². The average Bonchev–Trinajstić information content (AvgIpc) is 3.56. The molecule has 1 aliphatic heterocycles. The molecule has 3 aliphatic rings. The Balaban J connectivity index is 1.32. The van der Waals surface area contributed by atoms with Crippen molar-refractivity contribution >= 4 is 57.3 Å². The molecule has 6 rings (SSSR count). The minimum absolute atomic E-state index is 0.00855. The van der Waals surface area contributed by atoms with Gasteiger partial charge in [-0.3, -0.25) is 14.9 Å². The summed E-state index contributed by atoms with van der Waals surface area (Å²) in [5.41, 5.74) is -0.981. The predicted octanol–water partition coefficient (Wildman–Crippen LogP) is 5.12. The maximum atomic E-state index is 14.6. The molecule has 16 nitrogen and oxygen atoms in total. The third kappa shape index (κ3) is 8.45. The third-order valence-electron chi connectivity index (χ3n) is 10.3. The van der Waals surface area contributed by atoms with Crippen LogP contribution in [0, 0.1) is 11.3 Å². The highest BCUT2D eigenvalue weighted by Gasteiger charge is 2.61. The number of carboxylic acids is 1. The van der Waals surface area contributed by atoms with Crippen LogP contribution in [0.15, 0.2) is 42.3 Å². The van der Waals surface area contributed by atoms with Crippen molar-refractivity contribution < 1.29 is 48.0 Å². The van der Waals surface area contributed by atoms with Gasteiger partial charge in [-0.25, -0.2) is 24.4 Å². The zero-order chi connectivity index (χ0) is 39.7. The van der Waals surface area contributed by atoms with Crippen molar-refractivity contribution in [1.29, 1.82) is 0 Å². The van der Waals surface area contributed by atoms with E-state index in [9.17, 15) is 29.1 Å². The molecule has 2 aliphatic carbocycles. The van der Waals surface area contributed by atoms with Gasteiger partial charge in [-0.1, -0.05) is 26.8 Å². The number of nitrogens with zero attached hydrogens (tertiary/aromatic N) is 3. The number of ether oxygens (including phenoxy) is 4. The summed E-state index contributed by atoms with van der Waals surface area (Å²) in [7, 11) is 2.78. The number of thiazole rings is 1. The van der Waals surface area contributed by atoms with Crippen molar-refractivity contribution in [2.45, 2.75) is 89.1 Å².